The number of rotatable bonds is 3. The molecule has 4 heterocycles. The van der Waals surface area contributed by atoms with Crippen LogP contribution in [0.2, 0.25) is 0 Å². The van der Waals surface area contributed by atoms with Gasteiger partial charge >= 0.3 is 0 Å². The lowest BCUT2D eigenvalue weighted by Gasteiger charge is -2.12. The van der Waals surface area contributed by atoms with Crippen LogP contribution in [0, 0.1) is 0 Å². The van der Waals surface area contributed by atoms with Crippen molar-refractivity contribution in [3.05, 3.63) is 52.6 Å². The summed E-state index contributed by atoms with van der Waals surface area (Å²) in [6, 6.07) is 6.23. The van der Waals surface area contributed by atoms with Crippen LogP contribution < -0.4 is 4.74 Å². The van der Waals surface area contributed by atoms with E-state index in [4.69, 9.17) is 9.72 Å². The molecule has 2 N–H and O–H groups in total. The summed E-state index contributed by atoms with van der Waals surface area (Å²) in [7, 11) is 0. The van der Waals surface area contributed by atoms with Crippen LogP contribution in [0.15, 0.2) is 36.9 Å². The second-order valence-electron chi connectivity index (χ2n) is 6.85. The molecular weight excluding hydrogens is 360 g/mol. The van der Waals surface area contributed by atoms with Gasteiger partial charge in [-0.25, -0.2) is 9.97 Å². The first-order valence-electron chi connectivity index (χ1n) is 8.83. The van der Waals surface area contributed by atoms with E-state index in [1.807, 2.05) is 6.20 Å². The van der Waals surface area contributed by atoms with E-state index in [0.29, 0.717) is 12.5 Å². The third-order valence-corrected chi connectivity index (χ3v) is 6.19. The minimum Gasteiger partial charge on any atom is -0.492 e. The van der Waals surface area contributed by atoms with Crippen molar-refractivity contribution in [1.82, 2.24) is 30.4 Å². The standard InChI is InChI=1S/C19H18N6OS/c1-10(2)19-24-16-13-4-3-11(12-6-21-22-7-12)5-15(13)26-8-14(17(16)27-19)18-20-9-23-25-18/h3-7,9-10,14H,8H2,1-2H3,(H,21,22)(H,20,23,25). The quantitative estimate of drug-likeness (QED) is 0.563. The highest BCUT2D eigenvalue weighted by atomic mass is 32.1. The molecule has 0 fully saturated rings. The largest absolute Gasteiger partial charge is 0.492 e. The van der Waals surface area contributed by atoms with Crippen LogP contribution in [0.1, 0.15) is 41.4 Å². The first-order chi connectivity index (χ1) is 13.2. The topological polar surface area (TPSA) is 92.4 Å². The lowest BCUT2D eigenvalue weighted by atomic mass is 10.0. The predicted molar refractivity (Wildman–Crippen MR) is 103 cm³/mol. The molecule has 7 nitrogen and oxygen atoms in total. The molecule has 1 atom stereocenters. The number of fused-ring (bicyclic) bond motifs is 3. The second-order valence-corrected chi connectivity index (χ2v) is 7.91. The molecule has 4 aromatic rings. The summed E-state index contributed by atoms with van der Waals surface area (Å²) in [4.78, 5) is 10.5. The minimum atomic E-state index is -0.0164. The van der Waals surface area contributed by atoms with Crippen molar-refractivity contribution in [1.29, 1.82) is 0 Å². The monoisotopic (exact) mass is 378 g/mol. The van der Waals surface area contributed by atoms with Gasteiger partial charge in [-0.3, -0.25) is 10.2 Å². The minimum absolute atomic E-state index is 0.0164. The lowest BCUT2D eigenvalue weighted by Crippen LogP contribution is -2.11. The van der Waals surface area contributed by atoms with Gasteiger partial charge in [-0.2, -0.15) is 10.2 Å². The van der Waals surface area contributed by atoms with Crippen LogP contribution in [0.25, 0.3) is 22.4 Å². The SMILES string of the molecule is CC(C)c1nc2c(s1)C(c1ncn[nH]1)COc1cc(-c3cn[nH]c3)ccc1-2. The van der Waals surface area contributed by atoms with E-state index >= 15 is 0 Å². The molecule has 0 saturated carbocycles. The van der Waals surface area contributed by atoms with Gasteiger partial charge in [0.05, 0.1) is 22.8 Å². The maximum Gasteiger partial charge on any atom is 0.137 e. The number of nitrogens with zero attached hydrogens (tertiary/aromatic N) is 4. The van der Waals surface area contributed by atoms with E-state index < -0.39 is 0 Å². The second kappa shape index (κ2) is 6.31. The van der Waals surface area contributed by atoms with Crippen LogP contribution in [-0.2, 0) is 0 Å². The molecule has 5 rings (SSSR count). The Bertz CT molecular complexity index is 1070. The van der Waals surface area contributed by atoms with Crippen molar-refractivity contribution >= 4 is 11.3 Å². The number of ether oxygens (including phenoxy) is 1. The highest BCUT2D eigenvalue weighted by Gasteiger charge is 2.31. The number of aromatic nitrogens is 6. The molecule has 3 aromatic heterocycles. The third-order valence-electron chi connectivity index (χ3n) is 4.72. The fraction of sp³-hybridized carbons (Fsp3) is 0.263. The fourth-order valence-corrected chi connectivity index (χ4v) is 4.46. The zero-order valence-electron chi connectivity index (χ0n) is 14.9. The van der Waals surface area contributed by atoms with Crippen LogP contribution in [-0.4, -0.2) is 37.0 Å². The molecule has 0 amide bonds. The predicted octanol–water partition coefficient (Wildman–Crippen LogP) is 3.97. The van der Waals surface area contributed by atoms with Crippen molar-refractivity contribution in [2.45, 2.75) is 25.7 Å². The van der Waals surface area contributed by atoms with Crippen molar-refractivity contribution in [3.63, 3.8) is 0 Å². The average molecular weight is 378 g/mol. The van der Waals surface area contributed by atoms with Crippen LogP contribution in [0.5, 0.6) is 5.75 Å². The zero-order valence-corrected chi connectivity index (χ0v) is 15.7. The first kappa shape index (κ1) is 16.2. The Hall–Kier alpha value is -3.00. The van der Waals surface area contributed by atoms with E-state index in [1.54, 1.807) is 17.5 Å². The Morgan fingerprint density at radius 3 is 2.89 bits per heavy atom. The molecular formula is C19H18N6OS. The van der Waals surface area contributed by atoms with Crippen LogP contribution in [0.4, 0.5) is 0 Å². The van der Waals surface area contributed by atoms with E-state index in [-0.39, 0.29) is 5.92 Å². The molecule has 27 heavy (non-hydrogen) atoms. The Kier molecular flexibility index (Phi) is 3.78. The Morgan fingerprint density at radius 2 is 2.15 bits per heavy atom. The summed E-state index contributed by atoms with van der Waals surface area (Å²) >= 11 is 1.73. The number of benzene rings is 1. The van der Waals surface area contributed by atoms with Gasteiger partial charge < -0.3 is 4.74 Å². The highest BCUT2D eigenvalue weighted by Crippen LogP contribution is 2.45. The van der Waals surface area contributed by atoms with Gasteiger partial charge in [0, 0.05) is 28.1 Å². The van der Waals surface area contributed by atoms with E-state index in [1.165, 1.54) is 11.2 Å². The molecule has 1 aliphatic rings. The molecule has 0 radical (unpaired) electrons. The van der Waals surface area contributed by atoms with Gasteiger partial charge in [0.15, 0.2) is 0 Å². The van der Waals surface area contributed by atoms with E-state index in [9.17, 15) is 0 Å². The van der Waals surface area contributed by atoms with Crippen molar-refractivity contribution in [2.24, 2.45) is 0 Å². The Morgan fingerprint density at radius 1 is 1.22 bits per heavy atom. The van der Waals surface area contributed by atoms with Crippen molar-refractivity contribution < 1.29 is 4.74 Å². The van der Waals surface area contributed by atoms with Gasteiger partial charge in [0.25, 0.3) is 0 Å². The molecule has 136 valence electrons. The zero-order chi connectivity index (χ0) is 18.4. The maximum absolute atomic E-state index is 6.21. The lowest BCUT2D eigenvalue weighted by molar-refractivity contribution is 0.305. The van der Waals surface area contributed by atoms with Crippen LogP contribution >= 0.6 is 11.3 Å². The summed E-state index contributed by atoms with van der Waals surface area (Å²) in [6.07, 6.45) is 5.22. The molecule has 1 aliphatic heterocycles. The Labute approximate surface area is 159 Å². The fourth-order valence-electron chi connectivity index (χ4n) is 3.29. The normalized spacial score (nSPS) is 15.9. The molecule has 0 spiro atoms. The molecule has 0 aliphatic carbocycles. The summed E-state index contributed by atoms with van der Waals surface area (Å²) in [5.74, 6) is 1.99. The number of hydrogen-bond donors (Lipinski definition) is 2. The smallest absolute Gasteiger partial charge is 0.137 e. The molecule has 1 unspecified atom stereocenters. The van der Waals surface area contributed by atoms with Crippen molar-refractivity contribution in [2.75, 3.05) is 6.61 Å². The first-order valence-corrected chi connectivity index (χ1v) is 9.64. The highest BCUT2D eigenvalue weighted by molar-refractivity contribution is 7.12. The summed E-state index contributed by atoms with van der Waals surface area (Å²) < 4.78 is 6.21. The van der Waals surface area contributed by atoms with Gasteiger partial charge in [-0.1, -0.05) is 19.9 Å². The molecule has 0 bridgehead atoms. The molecule has 0 saturated heterocycles. The van der Waals surface area contributed by atoms with Gasteiger partial charge in [-0.15, -0.1) is 11.3 Å². The summed E-state index contributed by atoms with van der Waals surface area (Å²) in [5, 5.41) is 15.0. The number of aromatic amines is 2. The van der Waals surface area contributed by atoms with Gasteiger partial charge in [0.2, 0.25) is 0 Å². The average Bonchev–Trinajstić information content (AvgIpc) is 3.43. The van der Waals surface area contributed by atoms with Gasteiger partial charge in [-0.05, 0) is 17.7 Å². The Balaban J connectivity index is 1.67. The third kappa shape index (κ3) is 2.73. The maximum atomic E-state index is 6.21. The number of hydrogen-bond acceptors (Lipinski definition) is 6. The summed E-state index contributed by atoms with van der Waals surface area (Å²) in [6.45, 7) is 4.83. The van der Waals surface area contributed by atoms with Crippen molar-refractivity contribution in [3.8, 4) is 28.1 Å². The van der Waals surface area contributed by atoms with Gasteiger partial charge in [0.1, 0.15) is 24.5 Å². The number of H-pyrrole nitrogens is 2. The summed E-state index contributed by atoms with van der Waals surface area (Å²) in [5.41, 5.74) is 4.08. The van der Waals surface area contributed by atoms with E-state index in [2.05, 4.69) is 57.4 Å². The van der Waals surface area contributed by atoms with Crippen LogP contribution in [0.3, 0.4) is 0 Å². The van der Waals surface area contributed by atoms with E-state index in [0.717, 1.165) is 39.0 Å². The number of thiazole rings is 1. The molecule has 1 aromatic carbocycles. The number of nitrogens with one attached hydrogen (secondary N) is 2. The molecule has 8 heteroatoms.